The maximum Gasteiger partial charge on any atom is 0.460 e. The molecule has 0 saturated carbocycles. The van der Waals surface area contributed by atoms with Gasteiger partial charge in [-0.2, -0.15) is 95.9 Å². The molecular weight excluding hydrogens is 762 g/mol. The third-order valence-electron chi connectivity index (χ3n) is 4.42. The van der Waals surface area contributed by atoms with Gasteiger partial charge in [0.1, 0.15) is 0 Å². The highest BCUT2D eigenvalue weighted by Crippen LogP contribution is 2.59. The number of ketones is 1. The van der Waals surface area contributed by atoms with Crippen LogP contribution in [0.15, 0.2) is 0 Å². The van der Waals surface area contributed by atoms with Crippen molar-refractivity contribution in [2.75, 3.05) is 36.5 Å². The summed E-state index contributed by atoms with van der Waals surface area (Å²) in [6, 6.07) is 0. The van der Waals surface area contributed by atoms with Gasteiger partial charge < -0.3 is 0 Å². The summed E-state index contributed by atoms with van der Waals surface area (Å²) in [5.74, 6) is -36.1. The number of hydrogen-bond acceptors (Lipinski definition) is 7. The zero-order valence-corrected chi connectivity index (χ0v) is 24.5. The van der Waals surface area contributed by atoms with Crippen LogP contribution < -0.4 is 0 Å². The average Bonchev–Trinajstić information content (AvgIpc) is 2.68. The standard InChI is InChI=1S/C15H16F18O7S4/c1-41(2,39-43(35,36)14(30,31)10(20,21)8(16,17)12(24,25)26)5-7(34)6-42(3,4)40-44(37,38)15(32,33)11(22,23)9(18,19)13(27,28)29/h5-6H2,1-4H3. The maximum absolute atomic E-state index is 13.8. The first kappa shape index (κ1) is 42.9. The van der Waals surface area contributed by atoms with E-state index in [2.05, 4.69) is 7.26 Å². The monoisotopic (exact) mass is 778 g/mol. The molecule has 0 aliphatic rings. The highest BCUT2D eigenvalue weighted by Gasteiger charge is 2.87. The molecular formula is C15H16F18O7S4. The van der Waals surface area contributed by atoms with Crippen LogP contribution in [0.25, 0.3) is 0 Å². The van der Waals surface area contributed by atoms with E-state index in [1.807, 2.05) is 0 Å². The van der Waals surface area contributed by atoms with Crippen molar-refractivity contribution in [3.63, 3.8) is 0 Å². The lowest BCUT2D eigenvalue weighted by Gasteiger charge is -2.37. The van der Waals surface area contributed by atoms with Crippen LogP contribution in [0.5, 0.6) is 0 Å². The van der Waals surface area contributed by atoms with E-state index in [0.717, 1.165) is 0 Å². The van der Waals surface area contributed by atoms with Crippen molar-refractivity contribution >= 4 is 46.6 Å². The van der Waals surface area contributed by atoms with Gasteiger partial charge in [0, 0.05) is 0 Å². The highest BCUT2D eigenvalue weighted by atomic mass is 32.3. The smallest absolute Gasteiger partial charge is 0.298 e. The van der Waals surface area contributed by atoms with Crippen molar-refractivity contribution in [3.05, 3.63) is 0 Å². The molecule has 0 amide bonds. The van der Waals surface area contributed by atoms with Crippen molar-refractivity contribution in [3.8, 4) is 0 Å². The van der Waals surface area contributed by atoms with Crippen molar-refractivity contribution < 1.29 is 108 Å². The molecule has 0 aliphatic carbocycles. The first-order valence-corrected chi connectivity index (χ1v) is 17.7. The Morgan fingerprint density at radius 2 is 0.659 bits per heavy atom. The highest BCUT2D eigenvalue weighted by molar-refractivity contribution is 8.33. The molecule has 0 spiro atoms. The molecule has 0 N–H and O–H groups in total. The van der Waals surface area contributed by atoms with Gasteiger partial charge in [0.25, 0.3) is 0 Å². The molecule has 0 aromatic rings. The molecule has 0 radical (unpaired) electrons. The van der Waals surface area contributed by atoms with Gasteiger partial charge in [-0.15, -0.1) is 20.6 Å². The van der Waals surface area contributed by atoms with E-state index in [0.29, 0.717) is 0 Å². The quantitative estimate of drug-likeness (QED) is 0.198. The van der Waals surface area contributed by atoms with Crippen molar-refractivity contribution in [1.29, 1.82) is 0 Å². The molecule has 0 aliphatic heterocycles. The van der Waals surface area contributed by atoms with Crippen LogP contribution in [0.1, 0.15) is 0 Å². The second-order valence-corrected chi connectivity index (χ2v) is 19.3. The lowest BCUT2D eigenvalue weighted by molar-refractivity contribution is -0.382. The van der Waals surface area contributed by atoms with Gasteiger partial charge in [0.2, 0.25) is 0 Å². The number of hydrogen-bond donors (Lipinski definition) is 0. The van der Waals surface area contributed by atoms with Crippen LogP contribution in [0.4, 0.5) is 79.0 Å². The Balaban J connectivity index is 6.12. The minimum atomic E-state index is -7.75. The normalized spacial score (nSPS) is 17.0. The zero-order chi connectivity index (χ0) is 36.4. The molecule has 0 unspecified atom stereocenters. The van der Waals surface area contributed by atoms with E-state index >= 15 is 0 Å². The first-order valence-electron chi connectivity index (χ1n) is 9.76. The van der Waals surface area contributed by atoms with Gasteiger partial charge in [-0.3, -0.25) is 4.79 Å². The van der Waals surface area contributed by atoms with Crippen LogP contribution in [0.3, 0.4) is 0 Å². The van der Waals surface area contributed by atoms with E-state index in [1.54, 1.807) is 0 Å². The SMILES string of the molecule is CS(C)(CC(=O)CS(C)(C)OS(=O)(=O)C(F)(F)C(F)(F)C(F)(F)C(F)(F)F)OS(=O)(=O)C(F)(F)C(F)(F)C(F)(F)C(F)(F)F. The number of carbonyl (C=O) groups is 1. The van der Waals surface area contributed by atoms with E-state index < -0.39 is 105 Å². The molecule has 0 bridgehead atoms. The third-order valence-corrected chi connectivity index (χ3v) is 12.6. The lowest BCUT2D eigenvalue weighted by Crippen LogP contribution is -2.63. The number of halogens is 18. The average molecular weight is 779 g/mol. The lowest BCUT2D eigenvalue weighted by atomic mass is 10.1. The van der Waals surface area contributed by atoms with Gasteiger partial charge in [-0.25, -0.2) is 7.26 Å². The topological polar surface area (TPSA) is 104 Å². The maximum atomic E-state index is 13.8. The molecule has 268 valence electrons. The number of alkyl halides is 18. The van der Waals surface area contributed by atoms with Gasteiger partial charge >= 0.3 is 66.8 Å². The summed E-state index contributed by atoms with van der Waals surface area (Å²) in [5.41, 5.74) is 0. The van der Waals surface area contributed by atoms with Crippen LogP contribution in [0, 0.1) is 0 Å². The summed E-state index contributed by atoms with van der Waals surface area (Å²) >= 11 is 0. The fourth-order valence-electron chi connectivity index (χ4n) is 2.47. The summed E-state index contributed by atoms with van der Waals surface area (Å²) in [5, 5.41) is -14.7. The molecule has 7 nitrogen and oxygen atoms in total. The van der Waals surface area contributed by atoms with E-state index in [1.165, 1.54) is 0 Å². The van der Waals surface area contributed by atoms with Crippen molar-refractivity contribution in [2.45, 2.75) is 46.6 Å². The number of rotatable bonds is 14. The molecule has 0 fully saturated rings. The summed E-state index contributed by atoms with van der Waals surface area (Å²) < 4.78 is 288. The minimum Gasteiger partial charge on any atom is -0.298 e. The van der Waals surface area contributed by atoms with E-state index in [-0.39, 0.29) is 25.0 Å². The van der Waals surface area contributed by atoms with Gasteiger partial charge in [-0.05, 0) is 25.0 Å². The van der Waals surface area contributed by atoms with Gasteiger partial charge in [0.05, 0.1) is 11.5 Å². The predicted octanol–water partition coefficient (Wildman–Crippen LogP) is 6.06. The van der Waals surface area contributed by atoms with Crippen LogP contribution in [0.2, 0.25) is 0 Å². The molecule has 0 aromatic carbocycles. The number of carbonyl (C=O) groups excluding carboxylic acids is 1. The third kappa shape index (κ3) is 7.56. The Hall–Kier alpha value is -1.07. The fraction of sp³-hybridized carbons (Fsp3) is 0.933. The van der Waals surface area contributed by atoms with Crippen LogP contribution in [-0.4, -0.2) is 106 Å². The van der Waals surface area contributed by atoms with Gasteiger partial charge in [-0.1, -0.05) is 0 Å². The predicted molar refractivity (Wildman–Crippen MR) is 115 cm³/mol. The Morgan fingerprint density at radius 1 is 0.455 bits per heavy atom. The van der Waals surface area contributed by atoms with Crippen molar-refractivity contribution in [2.24, 2.45) is 0 Å². The molecule has 0 heterocycles. The summed E-state index contributed by atoms with van der Waals surface area (Å²) in [7, 11) is -23.5. The van der Waals surface area contributed by atoms with Gasteiger partial charge in [0.15, 0.2) is 5.78 Å². The molecule has 0 rings (SSSR count). The zero-order valence-electron chi connectivity index (χ0n) is 21.2. The first-order chi connectivity index (χ1) is 18.5. The molecule has 29 heteroatoms. The van der Waals surface area contributed by atoms with E-state index in [9.17, 15) is 101 Å². The minimum absolute atomic E-state index is 0.270. The summed E-state index contributed by atoms with van der Waals surface area (Å²) in [4.78, 5) is 12.2. The largest absolute Gasteiger partial charge is 0.460 e. The van der Waals surface area contributed by atoms with Crippen molar-refractivity contribution in [1.82, 2.24) is 0 Å². The Bertz CT molecular complexity index is 1200. The molecule has 0 atom stereocenters. The second-order valence-electron chi connectivity index (χ2n) is 9.07. The molecule has 44 heavy (non-hydrogen) atoms. The van der Waals surface area contributed by atoms with Crippen LogP contribution in [-0.2, 0) is 32.3 Å². The summed E-state index contributed by atoms with van der Waals surface area (Å²) in [6.45, 7) is 0. The Labute approximate surface area is 237 Å². The number of Topliss-reactive ketones (excluding diaryl/α,β-unsaturated/α-hetero) is 1. The van der Waals surface area contributed by atoms with Crippen LogP contribution >= 0.6 is 20.6 Å². The Morgan fingerprint density at radius 3 is 0.841 bits per heavy atom. The molecule has 0 aromatic heterocycles. The fourth-order valence-corrected chi connectivity index (χ4v) is 10.2. The summed E-state index contributed by atoms with van der Waals surface area (Å²) in [6.07, 6.45) is -13.8. The second kappa shape index (κ2) is 11.6. The Kier molecular flexibility index (Phi) is 11.3. The molecule has 0 saturated heterocycles. The van der Waals surface area contributed by atoms with E-state index in [4.69, 9.17) is 0 Å².